The number of amides is 4. The van der Waals surface area contributed by atoms with Crippen molar-refractivity contribution in [2.45, 2.75) is 135 Å². The van der Waals surface area contributed by atoms with Crippen LogP contribution < -0.4 is 15.7 Å². The number of aliphatic carboxylic acids is 1. The number of carbonyl (C=O) groups is 3. The summed E-state index contributed by atoms with van der Waals surface area (Å²) in [5.74, 6) is -5.22. The van der Waals surface area contributed by atoms with Crippen LogP contribution in [0.2, 0.25) is 36.3 Å². The highest BCUT2D eigenvalue weighted by Crippen LogP contribution is 2.38. The summed E-state index contributed by atoms with van der Waals surface area (Å²) in [6.45, 7) is 22.4. The number of aliphatic hydroxyl groups excluding tert-OH is 1. The van der Waals surface area contributed by atoms with E-state index in [-0.39, 0.29) is 53.4 Å². The summed E-state index contributed by atoms with van der Waals surface area (Å²) in [5.41, 5.74) is 0.111. The van der Waals surface area contributed by atoms with Crippen molar-refractivity contribution in [3.8, 4) is 0 Å². The maximum absolute atomic E-state index is 13.8. The number of hydrogen-bond donors (Lipinski definition) is 3. The standard InChI is InChI=1S/C20H32F2N2O4Si.C20H34F2N2O3Si/c1-13(11-16(18(25)26)28-29(6,7)20(2,3)4)24(5)19(27)23-12-14-9-8-10-15(21)17(14)22;1-20(2,3)28(5,6)27-14-16(10-8-12-25)24(4)19(26)23-13-15-9-7-11-17(21)18(15)22/h8-10,13,16H,11-12H2,1-7H3,(H,23,27)(H,25,26);7,9,11,16,25H,8,10,12-14H2,1-6H3,(H,23,26)/p-1/t;16-/m.0/s1. The molecule has 2 aromatic carbocycles. The van der Waals surface area contributed by atoms with Gasteiger partial charge >= 0.3 is 12.1 Å². The van der Waals surface area contributed by atoms with Crippen molar-refractivity contribution in [3.63, 3.8) is 0 Å². The third-order valence-electron chi connectivity index (χ3n) is 11.0. The lowest BCUT2D eigenvalue weighted by molar-refractivity contribution is -0.314. The molecule has 2 aromatic rings. The van der Waals surface area contributed by atoms with Gasteiger partial charge in [-0.15, -0.1) is 0 Å². The number of nitrogens with one attached hydrogen (secondary N) is 2. The number of aliphatic hydroxyl groups is 1. The van der Waals surface area contributed by atoms with Gasteiger partial charge in [0, 0.05) is 51.0 Å². The summed E-state index contributed by atoms with van der Waals surface area (Å²) < 4.78 is 66.2. The molecule has 2 rings (SSSR count). The third kappa shape index (κ3) is 16.0. The number of likely N-dealkylation sites (N-methyl/N-ethyl adjacent to an activating group) is 1. The van der Waals surface area contributed by atoms with E-state index in [1.54, 1.807) is 14.0 Å². The van der Waals surface area contributed by atoms with Crippen molar-refractivity contribution in [3.05, 3.63) is 70.8 Å². The maximum Gasteiger partial charge on any atom is 0.317 e. The average Bonchev–Trinajstić information content (AvgIpc) is 3.10. The molecule has 0 aliphatic rings. The van der Waals surface area contributed by atoms with Crippen LogP contribution in [0.25, 0.3) is 0 Å². The van der Waals surface area contributed by atoms with Crippen LogP contribution in [0, 0.1) is 23.3 Å². The molecule has 0 saturated carbocycles. The number of halogens is 4. The second-order valence-corrected chi connectivity index (χ2v) is 26.9. The Balaban J connectivity index is 0.000000570. The van der Waals surface area contributed by atoms with Crippen molar-refractivity contribution in [1.82, 2.24) is 20.4 Å². The first kappa shape index (κ1) is 51.5. The van der Waals surface area contributed by atoms with E-state index in [4.69, 9.17) is 8.85 Å². The quantitative estimate of drug-likeness (QED) is 0.112. The zero-order valence-corrected chi connectivity index (χ0v) is 37.9. The molecule has 3 N–H and O–H groups in total. The normalized spacial score (nSPS) is 13.8. The molecule has 0 bridgehead atoms. The fourth-order valence-corrected chi connectivity index (χ4v) is 7.06. The lowest BCUT2D eigenvalue weighted by atomic mass is 10.1. The van der Waals surface area contributed by atoms with E-state index in [0.717, 1.165) is 12.1 Å². The van der Waals surface area contributed by atoms with Gasteiger partial charge in [0.05, 0.1) is 24.7 Å². The number of carbonyl (C=O) groups excluding carboxylic acids is 3. The molecule has 11 nitrogen and oxygen atoms in total. The van der Waals surface area contributed by atoms with E-state index in [0.29, 0.717) is 19.4 Å². The van der Waals surface area contributed by atoms with E-state index in [1.165, 1.54) is 41.1 Å². The maximum atomic E-state index is 13.8. The molecule has 4 amide bonds. The van der Waals surface area contributed by atoms with Crippen molar-refractivity contribution in [1.29, 1.82) is 0 Å². The van der Waals surface area contributed by atoms with Crippen molar-refractivity contribution in [2.24, 2.45) is 0 Å². The molecule has 57 heavy (non-hydrogen) atoms. The Morgan fingerprint density at radius 2 is 1.23 bits per heavy atom. The highest BCUT2D eigenvalue weighted by Gasteiger charge is 2.40. The van der Waals surface area contributed by atoms with Crippen molar-refractivity contribution >= 4 is 34.7 Å². The minimum Gasteiger partial charge on any atom is -0.547 e. The second kappa shape index (κ2) is 22.0. The van der Waals surface area contributed by atoms with Crippen LogP contribution >= 0.6 is 0 Å². The van der Waals surface area contributed by atoms with Gasteiger partial charge < -0.3 is 44.3 Å². The molecule has 0 spiro atoms. The van der Waals surface area contributed by atoms with Gasteiger partial charge in [-0.05, 0) is 74.6 Å². The average molecular weight is 846 g/mol. The Morgan fingerprint density at radius 3 is 1.63 bits per heavy atom. The summed E-state index contributed by atoms with van der Waals surface area (Å²) in [6.07, 6.45) is 0.0276. The molecule has 2 unspecified atom stereocenters. The van der Waals surface area contributed by atoms with Gasteiger partial charge in [0.25, 0.3) is 0 Å². The Bertz CT molecular complexity index is 1620. The SMILES string of the molecule is CC(CC(O[Si](C)(C)C(C)(C)C)C(=O)[O-])N(C)C(=O)NCc1cccc(F)c1F.CN(C(=O)NCc1cccc(F)c1F)[C@@H](CCCO)CO[Si](C)(C)C(C)(C)C. The largest absolute Gasteiger partial charge is 0.547 e. The number of carboxylic acids is 1. The molecule has 3 atom stereocenters. The fourth-order valence-electron chi connectivity index (χ4n) is 4.76. The van der Waals surface area contributed by atoms with Gasteiger partial charge in [0.2, 0.25) is 0 Å². The number of hydrogen-bond acceptors (Lipinski definition) is 7. The number of urea groups is 2. The molecular formula is C40H65F4N4O7Si2-. The van der Waals surface area contributed by atoms with Gasteiger partial charge in [0.1, 0.15) is 0 Å². The monoisotopic (exact) mass is 845 g/mol. The molecule has 324 valence electrons. The smallest absolute Gasteiger partial charge is 0.317 e. The minimum atomic E-state index is -2.35. The van der Waals surface area contributed by atoms with Crippen LogP contribution in [0.1, 0.15) is 78.9 Å². The summed E-state index contributed by atoms with van der Waals surface area (Å²) in [6, 6.07) is 5.96. The van der Waals surface area contributed by atoms with Crippen LogP contribution in [0.4, 0.5) is 27.2 Å². The topological polar surface area (TPSA) is 143 Å². The molecule has 0 aromatic heterocycles. The van der Waals surface area contributed by atoms with Crippen molar-refractivity contribution < 1.29 is 51.0 Å². The van der Waals surface area contributed by atoms with Crippen LogP contribution in [0.5, 0.6) is 0 Å². The Hall–Kier alpha value is -3.52. The predicted molar refractivity (Wildman–Crippen MR) is 217 cm³/mol. The van der Waals surface area contributed by atoms with Crippen LogP contribution in [-0.2, 0) is 26.7 Å². The summed E-state index contributed by atoms with van der Waals surface area (Å²) >= 11 is 0. The first-order valence-corrected chi connectivity index (χ1v) is 24.9. The number of rotatable bonds is 17. The van der Waals surface area contributed by atoms with Gasteiger partial charge in [-0.1, -0.05) is 65.8 Å². The second-order valence-electron chi connectivity index (χ2n) is 17.3. The van der Waals surface area contributed by atoms with Crippen LogP contribution in [0.15, 0.2) is 36.4 Å². The zero-order valence-electron chi connectivity index (χ0n) is 35.9. The van der Waals surface area contributed by atoms with Gasteiger partial charge in [-0.25, -0.2) is 27.2 Å². The van der Waals surface area contributed by atoms with Gasteiger partial charge in [-0.3, -0.25) is 0 Å². The molecule has 0 aliphatic carbocycles. The molecule has 0 radical (unpaired) electrons. The first-order chi connectivity index (χ1) is 26.1. The number of nitrogens with zero attached hydrogens (tertiary/aromatic N) is 2. The lowest BCUT2D eigenvalue weighted by Gasteiger charge is -2.40. The van der Waals surface area contributed by atoms with Gasteiger partial charge in [0.15, 0.2) is 39.9 Å². The van der Waals surface area contributed by atoms with E-state index in [9.17, 15) is 42.2 Å². The fraction of sp³-hybridized carbons (Fsp3) is 0.625. The highest BCUT2D eigenvalue weighted by atomic mass is 28.4. The van der Waals surface area contributed by atoms with E-state index < -0.39 is 70.1 Å². The third-order valence-corrected chi connectivity index (χ3v) is 20.0. The molecule has 0 saturated heterocycles. The zero-order chi connectivity index (χ0) is 44.1. The highest BCUT2D eigenvalue weighted by molar-refractivity contribution is 6.74. The predicted octanol–water partition coefficient (Wildman–Crippen LogP) is 7.29. The Kier molecular flexibility index (Phi) is 19.9. The molecule has 0 fully saturated rings. The molecule has 0 aliphatic heterocycles. The van der Waals surface area contributed by atoms with E-state index in [2.05, 4.69) is 44.5 Å². The van der Waals surface area contributed by atoms with Crippen LogP contribution in [0.3, 0.4) is 0 Å². The Morgan fingerprint density at radius 1 is 0.789 bits per heavy atom. The molecule has 17 heteroatoms. The number of benzene rings is 2. The number of carboxylic acid groups (broad SMARTS) is 1. The molecular weight excluding hydrogens is 781 g/mol. The van der Waals surface area contributed by atoms with E-state index >= 15 is 0 Å². The van der Waals surface area contributed by atoms with Crippen molar-refractivity contribution in [2.75, 3.05) is 27.3 Å². The van der Waals surface area contributed by atoms with Gasteiger partial charge in [-0.2, -0.15) is 0 Å². The van der Waals surface area contributed by atoms with Crippen LogP contribution in [-0.4, -0.2) is 95.1 Å². The summed E-state index contributed by atoms with van der Waals surface area (Å²) in [4.78, 5) is 39.3. The lowest BCUT2D eigenvalue weighted by Crippen LogP contribution is -2.52. The Labute approximate surface area is 338 Å². The van der Waals surface area contributed by atoms with E-state index in [1.807, 2.05) is 33.9 Å². The first-order valence-electron chi connectivity index (χ1n) is 19.1. The molecule has 0 heterocycles. The summed E-state index contributed by atoms with van der Waals surface area (Å²) in [5, 5.41) is 25.8. The minimum absolute atomic E-state index is 0.0216. The summed E-state index contributed by atoms with van der Waals surface area (Å²) in [7, 11) is -1.18.